The number of aldehydes is 1. The highest BCUT2D eigenvalue weighted by molar-refractivity contribution is 5.84. The van der Waals surface area contributed by atoms with Crippen molar-refractivity contribution in [3.05, 3.63) is 34.4 Å². The number of carbonyl (C=O) groups excluding carboxylic acids is 1. The lowest BCUT2D eigenvalue weighted by Crippen LogP contribution is -2.22. The first-order chi connectivity index (χ1) is 9.02. The largest absolute Gasteiger partial charge is 0.507 e. The van der Waals surface area contributed by atoms with E-state index in [0.717, 1.165) is 5.57 Å². The number of phenols is 1. The fourth-order valence-electron chi connectivity index (χ4n) is 2.20. The minimum Gasteiger partial charge on any atom is -0.507 e. The summed E-state index contributed by atoms with van der Waals surface area (Å²) < 4.78 is 5.34. The van der Waals surface area contributed by atoms with Gasteiger partial charge in [0.05, 0.1) is 5.56 Å². The Morgan fingerprint density at radius 2 is 2.26 bits per heavy atom. The van der Waals surface area contributed by atoms with E-state index in [1.807, 2.05) is 19.9 Å². The van der Waals surface area contributed by atoms with Gasteiger partial charge in [-0.3, -0.25) is 4.79 Å². The predicted molar refractivity (Wildman–Crippen MR) is 71.6 cm³/mol. The topological polar surface area (TPSA) is 66.8 Å². The molecule has 1 aromatic carbocycles. The molecule has 2 N–H and O–H groups in total. The highest BCUT2D eigenvalue weighted by Gasteiger charge is 2.24. The van der Waals surface area contributed by atoms with Crippen molar-refractivity contribution in [2.45, 2.75) is 39.4 Å². The van der Waals surface area contributed by atoms with Gasteiger partial charge >= 0.3 is 0 Å². The van der Waals surface area contributed by atoms with Gasteiger partial charge in [0.1, 0.15) is 11.5 Å². The summed E-state index contributed by atoms with van der Waals surface area (Å²) in [6.07, 6.45) is 3.27. The van der Waals surface area contributed by atoms with E-state index < -0.39 is 6.29 Å². The van der Waals surface area contributed by atoms with E-state index in [9.17, 15) is 15.0 Å². The van der Waals surface area contributed by atoms with Crippen LogP contribution in [0.4, 0.5) is 0 Å². The number of ether oxygens (including phenoxy) is 1. The van der Waals surface area contributed by atoms with E-state index in [-0.39, 0.29) is 11.3 Å². The Bertz CT molecular complexity index is 527. The number of benzene rings is 1. The molecule has 0 bridgehead atoms. The van der Waals surface area contributed by atoms with Crippen molar-refractivity contribution < 1.29 is 19.7 Å². The van der Waals surface area contributed by atoms with Crippen LogP contribution in [-0.4, -0.2) is 22.8 Å². The minimum atomic E-state index is -0.840. The smallest absolute Gasteiger partial charge is 0.197 e. The average molecular weight is 262 g/mol. The van der Waals surface area contributed by atoms with Gasteiger partial charge in [-0.1, -0.05) is 11.6 Å². The standard InChI is InChI=1S/C15H18O4/c1-9(2)3-4-10-7-13-11(5-6-14(17)19-13)12(8-16)15(10)18/h3,7-8,14,17-18H,4-6H2,1-2H3/t14-/m1/s1. The quantitative estimate of drug-likeness (QED) is 0.648. The van der Waals surface area contributed by atoms with Crippen LogP contribution in [0.25, 0.3) is 0 Å². The number of rotatable bonds is 3. The van der Waals surface area contributed by atoms with E-state index >= 15 is 0 Å². The monoisotopic (exact) mass is 262 g/mol. The number of aliphatic hydroxyl groups is 1. The van der Waals surface area contributed by atoms with E-state index in [1.54, 1.807) is 6.07 Å². The van der Waals surface area contributed by atoms with Crippen LogP contribution >= 0.6 is 0 Å². The number of phenolic OH excluding ortho intramolecular Hbond substituents is 1. The number of carbonyl (C=O) groups is 1. The second kappa shape index (κ2) is 5.45. The van der Waals surface area contributed by atoms with Crippen molar-refractivity contribution >= 4 is 6.29 Å². The summed E-state index contributed by atoms with van der Waals surface area (Å²) in [6.45, 7) is 3.94. The van der Waals surface area contributed by atoms with Gasteiger partial charge in [0, 0.05) is 17.5 Å². The van der Waals surface area contributed by atoms with E-state index in [1.165, 1.54) is 0 Å². The van der Waals surface area contributed by atoms with E-state index in [4.69, 9.17) is 4.74 Å². The maximum Gasteiger partial charge on any atom is 0.197 e. The molecule has 0 fully saturated rings. The molecule has 0 saturated carbocycles. The Balaban J connectivity index is 2.48. The summed E-state index contributed by atoms with van der Waals surface area (Å²) in [6, 6.07) is 1.71. The zero-order chi connectivity index (χ0) is 14.0. The van der Waals surface area contributed by atoms with Crippen LogP contribution in [0.3, 0.4) is 0 Å². The third-order valence-electron chi connectivity index (χ3n) is 3.24. The molecule has 0 amide bonds. The molecule has 0 unspecified atom stereocenters. The Labute approximate surface area is 112 Å². The SMILES string of the molecule is CC(C)=CCc1cc2c(c(C=O)c1O)CC[C@H](O)O2. The van der Waals surface area contributed by atoms with Crippen molar-refractivity contribution in [1.82, 2.24) is 0 Å². The predicted octanol–water partition coefficient (Wildman–Crippen LogP) is 2.36. The fraction of sp³-hybridized carbons (Fsp3) is 0.400. The fourth-order valence-corrected chi connectivity index (χ4v) is 2.20. The lowest BCUT2D eigenvalue weighted by molar-refractivity contribution is -0.0318. The van der Waals surface area contributed by atoms with Crippen LogP contribution in [0, 0.1) is 0 Å². The van der Waals surface area contributed by atoms with Crippen LogP contribution in [0.1, 0.15) is 41.8 Å². The summed E-state index contributed by atoms with van der Waals surface area (Å²) in [7, 11) is 0. The van der Waals surface area contributed by atoms with E-state index in [0.29, 0.717) is 42.4 Å². The second-order valence-corrected chi connectivity index (χ2v) is 4.99. The molecular weight excluding hydrogens is 244 g/mol. The summed E-state index contributed by atoms with van der Waals surface area (Å²) in [5.74, 6) is 0.516. The Hall–Kier alpha value is -1.81. The zero-order valence-electron chi connectivity index (χ0n) is 11.1. The molecule has 19 heavy (non-hydrogen) atoms. The van der Waals surface area contributed by atoms with Gasteiger partial charge in [-0.05, 0) is 32.8 Å². The molecule has 4 heteroatoms. The minimum absolute atomic E-state index is 0.0197. The van der Waals surface area contributed by atoms with Crippen molar-refractivity contribution in [2.75, 3.05) is 0 Å². The molecule has 1 aliphatic heterocycles. The zero-order valence-corrected chi connectivity index (χ0v) is 11.1. The van der Waals surface area contributed by atoms with Crippen molar-refractivity contribution in [1.29, 1.82) is 0 Å². The maximum atomic E-state index is 11.2. The van der Waals surface area contributed by atoms with Crippen LogP contribution in [0.2, 0.25) is 0 Å². The number of aromatic hydroxyl groups is 1. The third kappa shape index (κ3) is 2.79. The molecule has 1 atom stereocenters. The second-order valence-electron chi connectivity index (χ2n) is 4.99. The maximum absolute atomic E-state index is 11.2. The molecule has 1 aromatic rings. The number of aliphatic hydroxyl groups excluding tert-OH is 1. The molecule has 2 rings (SSSR count). The van der Waals surface area contributed by atoms with Crippen LogP contribution in [0.5, 0.6) is 11.5 Å². The van der Waals surface area contributed by atoms with Crippen molar-refractivity contribution in [2.24, 2.45) is 0 Å². The van der Waals surface area contributed by atoms with Crippen LogP contribution in [-0.2, 0) is 12.8 Å². The van der Waals surface area contributed by atoms with Gasteiger partial charge in [0.25, 0.3) is 0 Å². The van der Waals surface area contributed by atoms with Gasteiger partial charge in [0.15, 0.2) is 12.6 Å². The molecule has 0 aliphatic carbocycles. The summed E-state index contributed by atoms with van der Waals surface area (Å²) in [4.78, 5) is 11.2. The summed E-state index contributed by atoms with van der Waals surface area (Å²) in [5, 5.41) is 19.7. The first kappa shape index (κ1) is 13.6. The number of fused-ring (bicyclic) bond motifs is 1. The molecule has 0 spiro atoms. The van der Waals surface area contributed by atoms with Crippen molar-refractivity contribution in [3.63, 3.8) is 0 Å². The Morgan fingerprint density at radius 1 is 1.53 bits per heavy atom. The molecular formula is C15H18O4. The van der Waals surface area contributed by atoms with Gasteiger partial charge in [-0.25, -0.2) is 0 Å². The third-order valence-corrected chi connectivity index (χ3v) is 3.24. The number of hydrogen-bond donors (Lipinski definition) is 2. The van der Waals surface area contributed by atoms with Gasteiger partial charge in [-0.15, -0.1) is 0 Å². The molecule has 1 aliphatic rings. The highest BCUT2D eigenvalue weighted by Crippen LogP contribution is 2.37. The number of allylic oxidation sites excluding steroid dienone is 2. The molecule has 102 valence electrons. The molecule has 4 nitrogen and oxygen atoms in total. The Kier molecular flexibility index (Phi) is 3.90. The van der Waals surface area contributed by atoms with Crippen molar-refractivity contribution in [3.8, 4) is 11.5 Å². The Morgan fingerprint density at radius 3 is 2.89 bits per heavy atom. The van der Waals surface area contributed by atoms with Gasteiger partial charge in [0.2, 0.25) is 0 Å². The number of hydrogen-bond acceptors (Lipinski definition) is 4. The van der Waals surface area contributed by atoms with E-state index in [2.05, 4.69) is 0 Å². The average Bonchev–Trinajstić information content (AvgIpc) is 2.36. The lowest BCUT2D eigenvalue weighted by atomic mass is 9.95. The van der Waals surface area contributed by atoms with Crippen LogP contribution < -0.4 is 4.74 Å². The molecule has 0 aromatic heterocycles. The van der Waals surface area contributed by atoms with Gasteiger partial charge < -0.3 is 14.9 Å². The first-order valence-corrected chi connectivity index (χ1v) is 6.34. The highest BCUT2D eigenvalue weighted by atomic mass is 16.6. The van der Waals surface area contributed by atoms with Crippen LogP contribution in [0.15, 0.2) is 17.7 Å². The van der Waals surface area contributed by atoms with Gasteiger partial charge in [-0.2, -0.15) is 0 Å². The first-order valence-electron chi connectivity index (χ1n) is 6.34. The molecule has 0 radical (unpaired) electrons. The normalized spacial score (nSPS) is 17.3. The molecule has 1 heterocycles. The summed E-state index contributed by atoms with van der Waals surface area (Å²) >= 11 is 0. The summed E-state index contributed by atoms with van der Waals surface area (Å²) in [5.41, 5.74) is 2.72. The lowest BCUT2D eigenvalue weighted by Gasteiger charge is -2.24. The molecule has 0 saturated heterocycles.